The van der Waals surface area contributed by atoms with E-state index < -0.39 is 0 Å². The first-order valence-electron chi connectivity index (χ1n) is 16.8. The molecule has 0 unspecified atom stereocenters. The van der Waals surface area contributed by atoms with E-state index in [2.05, 4.69) is 133 Å². The number of aliphatic hydroxyl groups excluding tert-OH is 1. The van der Waals surface area contributed by atoms with Crippen molar-refractivity contribution in [1.82, 2.24) is 0 Å². The van der Waals surface area contributed by atoms with Crippen molar-refractivity contribution in [2.75, 3.05) is 42.6 Å². The van der Waals surface area contributed by atoms with Crippen LogP contribution in [0.5, 0.6) is 0 Å². The van der Waals surface area contributed by atoms with Crippen molar-refractivity contribution in [2.45, 2.75) is 85.6 Å². The van der Waals surface area contributed by atoms with Crippen molar-refractivity contribution in [1.29, 1.82) is 0 Å². The zero-order valence-corrected chi connectivity index (χ0v) is 27.3. The molecule has 3 rings (SSSR count). The average molecular weight is 583 g/mol. The van der Waals surface area contributed by atoms with Gasteiger partial charge in [-0.1, -0.05) is 77.6 Å². The zero-order chi connectivity index (χ0) is 30.7. The summed E-state index contributed by atoms with van der Waals surface area (Å²) in [5.74, 6) is 0. The number of hydrogen-bond donors (Lipinski definition) is 1. The fourth-order valence-corrected chi connectivity index (χ4v) is 5.32. The van der Waals surface area contributed by atoms with Gasteiger partial charge in [0, 0.05) is 61.8 Å². The smallest absolute Gasteiger partial charge is 0.205 e. The number of hydrogen-bond acceptors (Lipinski definition) is 3. The lowest BCUT2D eigenvalue weighted by Gasteiger charge is -2.24. The predicted octanol–water partition coefficient (Wildman–Crippen LogP) is 9.12. The Morgan fingerprint density at radius 1 is 0.535 bits per heavy atom. The summed E-state index contributed by atoms with van der Waals surface area (Å²) in [6, 6.07) is 24.2. The molecule has 1 aromatic heterocycles. The Morgan fingerprint density at radius 3 is 1.23 bits per heavy atom. The minimum atomic E-state index is 0.0937. The highest BCUT2D eigenvalue weighted by Crippen LogP contribution is 2.20. The lowest BCUT2D eigenvalue weighted by molar-refractivity contribution is -0.701. The Hall–Kier alpha value is -3.37. The van der Waals surface area contributed by atoms with E-state index in [-0.39, 0.29) is 6.61 Å². The van der Waals surface area contributed by atoms with Gasteiger partial charge in [-0.2, -0.15) is 4.57 Å². The van der Waals surface area contributed by atoms with Gasteiger partial charge in [0.15, 0.2) is 6.54 Å². The lowest BCUT2D eigenvalue weighted by atomic mass is 10.1. The van der Waals surface area contributed by atoms with Gasteiger partial charge in [-0.05, 0) is 79.3 Å². The fourth-order valence-electron chi connectivity index (χ4n) is 5.32. The maximum Gasteiger partial charge on any atom is 0.205 e. The summed E-state index contributed by atoms with van der Waals surface area (Å²) in [5.41, 5.74) is 7.13. The molecule has 0 atom stereocenters. The molecule has 2 aromatic carbocycles. The van der Waals surface area contributed by atoms with Gasteiger partial charge >= 0.3 is 0 Å². The minimum absolute atomic E-state index is 0.0937. The van der Waals surface area contributed by atoms with Crippen LogP contribution < -0.4 is 14.4 Å². The van der Waals surface area contributed by atoms with Crippen LogP contribution in [0.3, 0.4) is 0 Å². The van der Waals surface area contributed by atoms with Gasteiger partial charge in [0.25, 0.3) is 0 Å². The van der Waals surface area contributed by atoms with Crippen LogP contribution in [0.25, 0.3) is 24.3 Å². The number of rotatable bonds is 20. The van der Waals surface area contributed by atoms with Crippen molar-refractivity contribution in [3.8, 4) is 0 Å². The van der Waals surface area contributed by atoms with E-state index in [1.807, 2.05) is 0 Å². The van der Waals surface area contributed by atoms with Crippen molar-refractivity contribution in [3.63, 3.8) is 0 Å². The molecule has 4 heteroatoms. The SMILES string of the molecule is CCCCN(CCCC)c1ccc(/C=C/c2cccc(/C=C/c3ccc(N(CCCC)CCCC)cc3)[n+]2CCO)cc1. The first-order valence-corrected chi connectivity index (χ1v) is 16.8. The molecule has 0 radical (unpaired) electrons. The highest BCUT2D eigenvalue weighted by atomic mass is 16.3. The van der Waals surface area contributed by atoms with E-state index >= 15 is 0 Å². The van der Waals surface area contributed by atoms with Crippen LogP contribution in [0.4, 0.5) is 11.4 Å². The number of pyridine rings is 1. The van der Waals surface area contributed by atoms with Crippen molar-refractivity contribution < 1.29 is 9.67 Å². The molecule has 43 heavy (non-hydrogen) atoms. The monoisotopic (exact) mass is 582 g/mol. The number of benzene rings is 2. The summed E-state index contributed by atoms with van der Waals surface area (Å²) in [6.45, 7) is 14.1. The molecule has 4 nitrogen and oxygen atoms in total. The number of aliphatic hydroxyl groups is 1. The molecule has 0 amide bonds. The molecule has 0 saturated carbocycles. The molecule has 1 N–H and O–H groups in total. The number of anilines is 2. The Balaban J connectivity index is 1.75. The average Bonchev–Trinajstić information content (AvgIpc) is 3.04. The summed E-state index contributed by atoms with van der Waals surface area (Å²) in [7, 11) is 0. The van der Waals surface area contributed by atoms with Crippen molar-refractivity contribution in [2.24, 2.45) is 0 Å². The molecule has 0 aliphatic heterocycles. The van der Waals surface area contributed by atoms with E-state index in [1.165, 1.54) is 73.9 Å². The molecule has 0 bridgehead atoms. The van der Waals surface area contributed by atoms with Gasteiger partial charge in [-0.25, -0.2) is 0 Å². The first kappa shape index (κ1) is 34.1. The van der Waals surface area contributed by atoms with E-state index in [9.17, 15) is 5.11 Å². The minimum Gasteiger partial charge on any atom is -0.390 e. The third-order valence-electron chi connectivity index (χ3n) is 8.02. The van der Waals surface area contributed by atoms with Gasteiger partial charge in [0.05, 0.1) is 0 Å². The topological polar surface area (TPSA) is 30.6 Å². The maximum atomic E-state index is 9.87. The van der Waals surface area contributed by atoms with Crippen LogP contribution in [0.1, 0.15) is 102 Å². The Bertz CT molecular complexity index is 1120. The second-order valence-electron chi connectivity index (χ2n) is 11.5. The molecule has 232 valence electrons. The normalized spacial score (nSPS) is 11.6. The van der Waals surface area contributed by atoms with Gasteiger partial charge < -0.3 is 14.9 Å². The van der Waals surface area contributed by atoms with Crippen molar-refractivity contribution >= 4 is 35.7 Å². The Labute approximate surface area is 262 Å². The summed E-state index contributed by atoms with van der Waals surface area (Å²) in [4.78, 5) is 5.04. The van der Waals surface area contributed by atoms with E-state index in [0.29, 0.717) is 6.54 Å². The quantitative estimate of drug-likeness (QED) is 0.135. The summed E-state index contributed by atoms with van der Waals surface area (Å²) < 4.78 is 2.18. The maximum absolute atomic E-state index is 9.87. The molecule has 1 heterocycles. The Kier molecular flexibility index (Phi) is 15.7. The summed E-state index contributed by atoms with van der Waals surface area (Å²) in [6.07, 6.45) is 18.4. The number of unbranched alkanes of at least 4 members (excludes halogenated alkanes) is 4. The van der Waals surface area contributed by atoms with Crippen LogP contribution in [-0.4, -0.2) is 37.9 Å². The third-order valence-corrected chi connectivity index (χ3v) is 8.02. The van der Waals surface area contributed by atoms with Crippen molar-refractivity contribution in [3.05, 3.63) is 89.2 Å². The molecule has 0 aliphatic rings. The second-order valence-corrected chi connectivity index (χ2v) is 11.5. The molecular weight excluding hydrogens is 526 g/mol. The Morgan fingerprint density at radius 2 is 0.907 bits per heavy atom. The molecule has 0 fully saturated rings. The highest BCUT2D eigenvalue weighted by Gasteiger charge is 2.13. The molecule has 0 aliphatic carbocycles. The van der Waals surface area contributed by atoms with Gasteiger partial charge in [0.1, 0.15) is 6.61 Å². The zero-order valence-electron chi connectivity index (χ0n) is 27.3. The lowest BCUT2D eigenvalue weighted by Crippen LogP contribution is -2.41. The molecular formula is C39H56N3O+. The molecule has 3 aromatic rings. The van der Waals surface area contributed by atoms with E-state index in [4.69, 9.17) is 0 Å². The van der Waals surface area contributed by atoms with E-state index in [1.54, 1.807) is 0 Å². The summed E-state index contributed by atoms with van der Waals surface area (Å²) in [5, 5.41) is 9.87. The summed E-state index contributed by atoms with van der Waals surface area (Å²) >= 11 is 0. The largest absolute Gasteiger partial charge is 0.390 e. The molecule has 0 saturated heterocycles. The van der Waals surface area contributed by atoms with Gasteiger partial charge in [-0.15, -0.1) is 0 Å². The molecule has 0 spiro atoms. The first-order chi connectivity index (χ1) is 21.1. The van der Waals surface area contributed by atoms with Gasteiger partial charge in [0.2, 0.25) is 11.4 Å². The number of nitrogens with zero attached hydrogens (tertiary/aromatic N) is 3. The van der Waals surface area contributed by atoms with Crippen LogP contribution in [0.2, 0.25) is 0 Å². The highest BCUT2D eigenvalue weighted by molar-refractivity contribution is 5.70. The van der Waals surface area contributed by atoms with Gasteiger partial charge in [-0.3, -0.25) is 0 Å². The standard InChI is InChI=1S/C39H56N3O/c1-5-9-28-40(29-10-6-2)36-22-16-34(17-23-36)20-26-38-14-13-15-39(42(38)32-33-43)27-21-35-18-24-37(25-19-35)41(30-11-7-3)31-12-8-4/h13-27,43H,5-12,28-33H2,1-4H3/q+1. The van der Waals surface area contributed by atoms with Crippen LogP contribution >= 0.6 is 0 Å². The van der Waals surface area contributed by atoms with Crippen LogP contribution in [0, 0.1) is 0 Å². The third kappa shape index (κ3) is 11.3. The van der Waals surface area contributed by atoms with E-state index in [0.717, 1.165) is 37.6 Å². The second kappa shape index (κ2) is 19.7. The predicted molar refractivity (Wildman–Crippen MR) is 189 cm³/mol. The number of aromatic nitrogens is 1. The van der Waals surface area contributed by atoms with Crippen LogP contribution in [-0.2, 0) is 6.54 Å². The fraction of sp³-hybridized carbons (Fsp3) is 0.462. The van der Waals surface area contributed by atoms with Crippen LogP contribution in [0.15, 0.2) is 66.7 Å².